The fourth-order valence-electron chi connectivity index (χ4n) is 4.37. The lowest BCUT2D eigenvalue weighted by Gasteiger charge is -2.25. The van der Waals surface area contributed by atoms with Crippen LogP contribution in [0.4, 0.5) is 11.4 Å². The highest BCUT2D eigenvalue weighted by Gasteiger charge is 2.20. The predicted molar refractivity (Wildman–Crippen MR) is 153 cm³/mol. The normalized spacial score (nSPS) is 14.3. The van der Waals surface area contributed by atoms with Gasteiger partial charge in [-0.2, -0.15) is 0 Å². The standard InChI is InChI=1S/C30H34ClN3O5/c1-33(24-10-4-5-11-26(24)37-2)18-16-30(36)34-17-8-3-9-19-38-27-12-6-7-13-28(27)39-25-15-14-22(31)20-23(25)32-29(35)21-34/h4-7,10-15,20H,3,8-9,16-19,21H2,1-2H3,(H,32,35). The van der Waals surface area contributed by atoms with E-state index in [9.17, 15) is 9.59 Å². The van der Waals surface area contributed by atoms with Crippen LogP contribution in [-0.4, -0.2) is 57.1 Å². The molecule has 0 radical (unpaired) electrons. The maximum absolute atomic E-state index is 13.3. The third-order valence-corrected chi connectivity index (χ3v) is 6.69. The zero-order valence-electron chi connectivity index (χ0n) is 22.3. The molecule has 0 spiro atoms. The summed E-state index contributed by atoms with van der Waals surface area (Å²) in [6, 6.07) is 20.1. The number of hydrogen-bond acceptors (Lipinski definition) is 6. The molecule has 39 heavy (non-hydrogen) atoms. The van der Waals surface area contributed by atoms with E-state index in [2.05, 4.69) is 5.32 Å². The van der Waals surface area contributed by atoms with Crippen LogP contribution in [0.1, 0.15) is 25.7 Å². The average Bonchev–Trinajstić information content (AvgIpc) is 2.94. The molecule has 9 heteroatoms. The number of carbonyl (C=O) groups is 2. The van der Waals surface area contributed by atoms with Gasteiger partial charge in [0.05, 0.1) is 31.6 Å². The average molecular weight is 552 g/mol. The molecule has 0 saturated carbocycles. The number of nitrogens with zero attached hydrogens (tertiary/aromatic N) is 2. The topological polar surface area (TPSA) is 80.3 Å². The number of hydrogen-bond donors (Lipinski definition) is 1. The number of amides is 2. The molecule has 0 aliphatic carbocycles. The number of ether oxygens (including phenoxy) is 3. The summed E-state index contributed by atoms with van der Waals surface area (Å²) in [6.45, 7) is 1.40. The molecule has 0 atom stereocenters. The van der Waals surface area contributed by atoms with Gasteiger partial charge in [0.15, 0.2) is 17.2 Å². The number of nitrogens with one attached hydrogen (secondary N) is 1. The number of methoxy groups -OCH3 is 1. The first-order chi connectivity index (χ1) is 18.9. The minimum atomic E-state index is -0.326. The van der Waals surface area contributed by atoms with Gasteiger partial charge in [0, 0.05) is 31.6 Å². The highest BCUT2D eigenvalue weighted by atomic mass is 35.5. The molecule has 1 aliphatic heterocycles. The summed E-state index contributed by atoms with van der Waals surface area (Å²) >= 11 is 6.23. The molecule has 0 fully saturated rings. The molecular formula is C30H34ClN3O5. The third kappa shape index (κ3) is 7.80. The molecule has 8 nitrogen and oxygen atoms in total. The predicted octanol–water partition coefficient (Wildman–Crippen LogP) is 6.00. The van der Waals surface area contributed by atoms with E-state index in [-0.39, 0.29) is 24.8 Å². The molecular weight excluding hydrogens is 518 g/mol. The van der Waals surface area contributed by atoms with Crippen molar-refractivity contribution in [2.75, 3.05) is 50.6 Å². The van der Waals surface area contributed by atoms with E-state index >= 15 is 0 Å². The molecule has 3 aromatic carbocycles. The molecule has 1 N–H and O–H groups in total. The van der Waals surface area contributed by atoms with E-state index in [1.807, 2.05) is 60.5 Å². The first kappa shape index (κ1) is 28.1. The second-order valence-corrected chi connectivity index (χ2v) is 9.74. The van der Waals surface area contributed by atoms with Crippen LogP contribution < -0.4 is 24.4 Å². The Labute approximate surface area is 234 Å². The summed E-state index contributed by atoms with van der Waals surface area (Å²) in [7, 11) is 3.54. The smallest absolute Gasteiger partial charge is 0.244 e. The van der Waals surface area contributed by atoms with Crippen LogP contribution in [0.3, 0.4) is 0 Å². The summed E-state index contributed by atoms with van der Waals surface area (Å²) < 4.78 is 17.6. The van der Waals surface area contributed by atoms with Crippen molar-refractivity contribution >= 4 is 34.8 Å². The minimum Gasteiger partial charge on any atom is -0.495 e. The van der Waals surface area contributed by atoms with Crippen LogP contribution >= 0.6 is 11.6 Å². The van der Waals surface area contributed by atoms with Gasteiger partial charge >= 0.3 is 0 Å². The SMILES string of the molecule is COc1ccccc1N(C)CCC(=O)N1CCCCCOc2ccccc2Oc2ccc(Cl)cc2NC(=O)C1. The zero-order chi connectivity index (χ0) is 27.6. The Morgan fingerprint density at radius 2 is 1.79 bits per heavy atom. The fraction of sp³-hybridized carbons (Fsp3) is 0.333. The number of halogens is 1. The van der Waals surface area contributed by atoms with Gasteiger partial charge in [-0.1, -0.05) is 35.9 Å². The Balaban J connectivity index is 1.49. The van der Waals surface area contributed by atoms with Crippen molar-refractivity contribution < 1.29 is 23.8 Å². The van der Waals surface area contributed by atoms with Crippen LogP contribution in [0.25, 0.3) is 0 Å². The van der Waals surface area contributed by atoms with Crippen LogP contribution in [0.5, 0.6) is 23.0 Å². The fourth-order valence-corrected chi connectivity index (χ4v) is 4.54. The van der Waals surface area contributed by atoms with Crippen LogP contribution in [0.15, 0.2) is 66.7 Å². The molecule has 0 bridgehead atoms. The van der Waals surface area contributed by atoms with E-state index in [0.29, 0.717) is 47.7 Å². The maximum atomic E-state index is 13.3. The molecule has 4 rings (SSSR count). The molecule has 2 amide bonds. The zero-order valence-corrected chi connectivity index (χ0v) is 23.1. The quantitative estimate of drug-likeness (QED) is 0.419. The molecule has 3 aromatic rings. The van der Waals surface area contributed by atoms with Crippen LogP contribution in [-0.2, 0) is 9.59 Å². The van der Waals surface area contributed by atoms with Gasteiger partial charge in [-0.15, -0.1) is 0 Å². The Morgan fingerprint density at radius 1 is 1.03 bits per heavy atom. The number of carbonyl (C=O) groups excluding carboxylic acids is 2. The van der Waals surface area contributed by atoms with E-state index < -0.39 is 0 Å². The summed E-state index contributed by atoms with van der Waals surface area (Å²) in [4.78, 5) is 30.0. The lowest BCUT2D eigenvalue weighted by molar-refractivity contribution is -0.134. The van der Waals surface area contributed by atoms with Gasteiger partial charge in [0.25, 0.3) is 0 Å². The van der Waals surface area contributed by atoms with E-state index in [1.165, 1.54) is 0 Å². The Morgan fingerprint density at radius 3 is 2.62 bits per heavy atom. The Bertz CT molecular complexity index is 1280. The number of anilines is 2. The second-order valence-electron chi connectivity index (χ2n) is 9.31. The monoisotopic (exact) mass is 551 g/mol. The van der Waals surface area contributed by atoms with Crippen molar-refractivity contribution in [2.24, 2.45) is 0 Å². The summed E-state index contributed by atoms with van der Waals surface area (Å²) in [5.74, 6) is 1.91. The first-order valence-corrected chi connectivity index (χ1v) is 13.4. The van der Waals surface area contributed by atoms with Crippen LogP contribution in [0.2, 0.25) is 5.02 Å². The molecule has 206 valence electrons. The molecule has 0 aromatic heterocycles. The van der Waals surface area contributed by atoms with Gasteiger partial charge in [0.1, 0.15) is 5.75 Å². The lowest BCUT2D eigenvalue weighted by atomic mass is 10.2. The second kappa shape index (κ2) is 13.8. The van der Waals surface area contributed by atoms with Gasteiger partial charge in [-0.05, 0) is 61.7 Å². The van der Waals surface area contributed by atoms with Crippen molar-refractivity contribution in [3.8, 4) is 23.0 Å². The van der Waals surface area contributed by atoms with Crippen molar-refractivity contribution in [1.29, 1.82) is 0 Å². The van der Waals surface area contributed by atoms with E-state index in [0.717, 1.165) is 30.7 Å². The summed E-state index contributed by atoms with van der Waals surface area (Å²) in [5, 5.41) is 3.33. The van der Waals surface area contributed by atoms with Gasteiger partial charge in [-0.25, -0.2) is 0 Å². The molecule has 1 aliphatic rings. The van der Waals surface area contributed by atoms with Gasteiger partial charge in [0.2, 0.25) is 11.8 Å². The van der Waals surface area contributed by atoms with Crippen molar-refractivity contribution in [3.05, 3.63) is 71.8 Å². The van der Waals surface area contributed by atoms with Crippen molar-refractivity contribution in [2.45, 2.75) is 25.7 Å². The number of benzene rings is 3. The number of fused-ring (bicyclic) bond motifs is 2. The van der Waals surface area contributed by atoms with Crippen molar-refractivity contribution in [1.82, 2.24) is 4.90 Å². The first-order valence-electron chi connectivity index (χ1n) is 13.1. The van der Waals surface area contributed by atoms with Gasteiger partial charge in [-0.3, -0.25) is 9.59 Å². The third-order valence-electron chi connectivity index (χ3n) is 6.46. The van der Waals surface area contributed by atoms with E-state index in [1.54, 1.807) is 30.2 Å². The Kier molecular flexibility index (Phi) is 9.91. The van der Waals surface area contributed by atoms with Gasteiger partial charge < -0.3 is 29.3 Å². The number of para-hydroxylation sites is 4. The summed E-state index contributed by atoms with van der Waals surface area (Å²) in [5.41, 5.74) is 1.32. The highest BCUT2D eigenvalue weighted by Crippen LogP contribution is 2.36. The minimum absolute atomic E-state index is 0.0732. The molecule has 0 unspecified atom stereocenters. The largest absolute Gasteiger partial charge is 0.495 e. The lowest BCUT2D eigenvalue weighted by Crippen LogP contribution is -2.40. The summed E-state index contributed by atoms with van der Waals surface area (Å²) in [6.07, 6.45) is 2.67. The van der Waals surface area contributed by atoms with Crippen molar-refractivity contribution in [3.63, 3.8) is 0 Å². The number of rotatable bonds is 5. The Hall–Kier alpha value is -3.91. The molecule has 0 saturated heterocycles. The van der Waals surface area contributed by atoms with Crippen LogP contribution in [0, 0.1) is 0 Å². The highest BCUT2D eigenvalue weighted by molar-refractivity contribution is 6.31. The maximum Gasteiger partial charge on any atom is 0.244 e. The van der Waals surface area contributed by atoms with E-state index in [4.69, 9.17) is 25.8 Å². The molecule has 1 heterocycles.